The highest BCUT2D eigenvalue weighted by Gasteiger charge is 2.22. The minimum absolute atomic E-state index is 0.161. The number of aryl methyl sites for hydroxylation is 1. The molecule has 3 aromatic heterocycles. The van der Waals surface area contributed by atoms with Crippen LogP contribution in [0.1, 0.15) is 30.4 Å². The van der Waals surface area contributed by atoms with Crippen molar-refractivity contribution in [2.45, 2.75) is 32.1 Å². The van der Waals surface area contributed by atoms with E-state index in [1.165, 1.54) is 17.5 Å². The molecule has 7 heteroatoms. The van der Waals surface area contributed by atoms with Crippen molar-refractivity contribution in [3.63, 3.8) is 0 Å². The summed E-state index contributed by atoms with van der Waals surface area (Å²) in [5.74, 6) is 1.85. The molecule has 7 nitrogen and oxygen atoms in total. The molecular weight excluding hydrogens is 424 g/mol. The molecule has 0 radical (unpaired) electrons. The molecule has 0 bridgehead atoms. The lowest BCUT2D eigenvalue weighted by molar-refractivity contribution is 0.415. The fourth-order valence-electron chi connectivity index (χ4n) is 5.27. The number of ether oxygens (including phenoxy) is 1. The Morgan fingerprint density at radius 3 is 2.76 bits per heavy atom. The van der Waals surface area contributed by atoms with E-state index in [0.29, 0.717) is 0 Å². The number of aromatic amines is 1. The second kappa shape index (κ2) is 8.45. The van der Waals surface area contributed by atoms with Gasteiger partial charge in [0.2, 0.25) is 0 Å². The second-order valence-corrected chi connectivity index (χ2v) is 9.10. The summed E-state index contributed by atoms with van der Waals surface area (Å²) >= 11 is 0. The molecule has 0 amide bonds. The molecule has 34 heavy (non-hydrogen) atoms. The molecule has 1 aliphatic heterocycles. The number of piperidine rings is 1. The van der Waals surface area contributed by atoms with E-state index in [2.05, 4.69) is 45.4 Å². The van der Waals surface area contributed by atoms with Gasteiger partial charge in [0.05, 0.1) is 18.7 Å². The summed E-state index contributed by atoms with van der Waals surface area (Å²) in [6, 6.07) is 14.9. The van der Waals surface area contributed by atoms with Gasteiger partial charge in [-0.2, -0.15) is 10.4 Å². The van der Waals surface area contributed by atoms with Crippen molar-refractivity contribution in [2.75, 3.05) is 25.1 Å². The number of nitrogens with zero attached hydrogens (tertiary/aromatic N) is 5. The number of methoxy groups -OCH3 is 1. The molecule has 0 atom stereocenters. The van der Waals surface area contributed by atoms with Gasteiger partial charge in [-0.05, 0) is 55.4 Å². The summed E-state index contributed by atoms with van der Waals surface area (Å²) in [5.41, 5.74) is 8.16. The average molecular weight is 451 g/mol. The standard InChI is InChI=1S/C27H26N6O/c1-34-23-14-22-27(30-26(23)21-7-3-5-18-4-2-6-20(18)21)25(32-31-22)19-8-9-24(29-16-19)33-12-10-17(15-28)11-13-33/h3,5,7-9,14,16-17H,2,4,6,10-13H2,1H3,(H,31,32). The van der Waals surface area contributed by atoms with E-state index in [-0.39, 0.29) is 5.92 Å². The molecule has 4 aromatic rings. The first-order valence-electron chi connectivity index (χ1n) is 11.9. The van der Waals surface area contributed by atoms with E-state index in [9.17, 15) is 0 Å². The second-order valence-electron chi connectivity index (χ2n) is 9.10. The van der Waals surface area contributed by atoms with Crippen LogP contribution in [0.4, 0.5) is 5.82 Å². The van der Waals surface area contributed by atoms with Gasteiger partial charge in [-0.1, -0.05) is 18.2 Å². The highest BCUT2D eigenvalue weighted by atomic mass is 16.5. The highest BCUT2D eigenvalue weighted by molar-refractivity contribution is 5.93. The number of rotatable bonds is 4. The highest BCUT2D eigenvalue weighted by Crippen LogP contribution is 2.38. The Kier molecular flexibility index (Phi) is 5.14. The van der Waals surface area contributed by atoms with Gasteiger partial charge >= 0.3 is 0 Å². The minimum atomic E-state index is 0.161. The van der Waals surface area contributed by atoms with E-state index in [0.717, 1.165) is 83.9 Å². The molecule has 0 unspecified atom stereocenters. The van der Waals surface area contributed by atoms with Gasteiger partial charge in [-0.25, -0.2) is 9.97 Å². The smallest absolute Gasteiger partial charge is 0.147 e. The zero-order chi connectivity index (χ0) is 23.1. The minimum Gasteiger partial charge on any atom is -0.494 e. The van der Waals surface area contributed by atoms with Gasteiger partial charge in [-0.3, -0.25) is 5.10 Å². The first-order valence-corrected chi connectivity index (χ1v) is 11.9. The molecule has 2 aliphatic rings. The van der Waals surface area contributed by atoms with Crippen LogP contribution in [0.15, 0.2) is 42.6 Å². The van der Waals surface area contributed by atoms with E-state index in [4.69, 9.17) is 20.0 Å². The Morgan fingerprint density at radius 2 is 2.00 bits per heavy atom. The third-order valence-corrected chi connectivity index (χ3v) is 7.14. The van der Waals surface area contributed by atoms with Gasteiger partial charge in [0, 0.05) is 42.4 Å². The summed E-state index contributed by atoms with van der Waals surface area (Å²) in [5, 5.41) is 16.8. The van der Waals surface area contributed by atoms with Gasteiger partial charge in [0.25, 0.3) is 0 Å². The van der Waals surface area contributed by atoms with Crippen molar-refractivity contribution in [3.8, 4) is 34.3 Å². The Hall–Kier alpha value is -3.92. The molecular formula is C27H26N6O. The van der Waals surface area contributed by atoms with Crippen LogP contribution in [0.5, 0.6) is 5.75 Å². The lowest BCUT2D eigenvalue weighted by Crippen LogP contribution is -2.33. The molecule has 0 saturated carbocycles. The molecule has 1 aromatic carbocycles. The molecule has 4 heterocycles. The fraction of sp³-hybridized carbons (Fsp3) is 0.333. The van der Waals surface area contributed by atoms with Crippen molar-refractivity contribution in [1.29, 1.82) is 5.26 Å². The number of hydrogen-bond donors (Lipinski definition) is 1. The van der Waals surface area contributed by atoms with Crippen LogP contribution in [0.3, 0.4) is 0 Å². The van der Waals surface area contributed by atoms with Crippen molar-refractivity contribution >= 4 is 16.9 Å². The number of benzene rings is 1. The third-order valence-electron chi connectivity index (χ3n) is 7.14. The molecule has 1 aliphatic carbocycles. The van der Waals surface area contributed by atoms with E-state index in [1.54, 1.807) is 7.11 Å². The maximum atomic E-state index is 9.14. The van der Waals surface area contributed by atoms with Crippen LogP contribution in [-0.4, -0.2) is 40.4 Å². The maximum absolute atomic E-state index is 9.14. The van der Waals surface area contributed by atoms with Crippen molar-refractivity contribution in [3.05, 3.63) is 53.7 Å². The van der Waals surface area contributed by atoms with E-state index < -0.39 is 0 Å². The zero-order valence-corrected chi connectivity index (χ0v) is 19.2. The quantitative estimate of drug-likeness (QED) is 0.474. The van der Waals surface area contributed by atoms with Crippen LogP contribution in [-0.2, 0) is 12.8 Å². The predicted octanol–water partition coefficient (Wildman–Crippen LogP) is 4.92. The fourth-order valence-corrected chi connectivity index (χ4v) is 5.27. The summed E-state index contributed by atoms with van der Waals surface area (Å²) in [6.07, 6.45) is 7.02. The van der Waals surface area contributed by atoms with Crippen molar-refractivity contribution < 1.29 is 4.74 Å². The van der Waals surface area contributed by atoms with Gasteiger partial charge in [0.1, 0.15) is 28.5 Å². The number of pyridine rings is 2. The number of fused-ring (bicyclic) bond motifs is 2. The topological polar surface area (TPSA) is 90.7 Å². The summed E-state index contributed by atoms with van der Waals surface area (Å²) < 4.78 is 5.73. The number of anilines is 1. The summed E-state index contributed by atoms with van der Waals surface area (Å²) in [7, 11) is 1.69. The largest absolute Gasteiger partial charge is 0.494 e. The number of nitriles is 1. The first kappa shape index (κ1) is 20.7. The number of hydrogen-bond acceptors (Lipinski definition) is 6. The van der Waals surface area contributed by atoms with Crippen molar-refractivity contribution in [1.82, 2.24) is 20.2 Å². The monoisotopic (exact) mass is 450 g/mol. The lowest BCUT2D eigenvalue weighted by atomic mass is 9.98. The van der Waals surface area contributed by atoms with Crippen LogP contribution in [0.2, 0.25) is 0 Å². The zero-order valence-electron chi connectivity index (χ0n) is 19.2. The van der Waals surface area contributed by atoms with Gasteiger partial charge < -0.3 is 9.64 Å². The van der Waals surface area contributed by atoms with Gasteiger partial charge in [0.15, 0.2) is 0 Å². The van der Waals surface area contributed by atoms with Crippen LogP contribution >= 0.6 is 0 Å². The lowest BCUT2D eigenvalue weighted by Gasteiger charge is -2.30. The molecule has 1 fully saturated rings. The molecule has 1 saturated heterocycles. The predicted molar refractivity (Wildman–Crippen MR) is 132 cm³/mol. The molecule has 0 spiro atoms. The first-order chi connectivity index (χ1) is 16.7. The maximum Gasteiger partial charge on any atom is 0.147 e. The Balaban J connectivity index is 1.37. The average Bonchev–Trinajstić information content (AvgIpc) is 3.55. The molecule has 6 rings (SSSR count). The Morgan fingerprint density at radius 1 is 1.12 bits per heavy atom. The molecule has 1 N–H and O–H groups in total. The van der Waals surface area contributed by atoms with Crippen LogP contribution in [0, 0.1) is 17.2 Å². The van der Waals surface area contributed by atoms with E-state index in [1.807, 2.05) is 18.3 Å². The summed E-state index contributed by atoms with van der Waals surface area (Å²) in [6.45, 7) is 1.73. The SMILES string of the molecule is COc1cc2[nH]nc(-c3ccc(N4CCC(C#N)CC4)nc3)c2nc1-c1cccc2c1CCC2. The van der Waals surface area contributed by atoms with E-state index >= 15 is 0 Å². The summed E-state index contributed by atoms with van der Waals surface area (Å²) in [4.78, 5) is 12.0. The van der Waals surface area contributed by atoms with Crippen LogP contribution in [0.25, 0.3) is 33.5 Å². The number of H-pyrrole nitrogens is 1. The van der Waals surface area contributed by atoms with Gasteiger partial charge in [-0.15, -0.1) is 0 Å². The van der Waals surface area contributed by atoms with Crippen LogP contribution < -0.4 is 9.64 Å². The Bertz CT molecular complexity index is 1390. The number of nitrogens with one attached hydrogen (secondary N) is 1. The van der Waals surface area contributed by atoms with Crippen molar-refractivity contribution in [2.24, 2.45) is 5.92 Å². The number of aromatic nitrogens is 4. The molecule has 170 valence electrons. The third kappa shape index (κ3) is 3.47. The normalized spacial score (nSPS) is 15.9. The Labute approximate surface area is 198 Å².